The second-order valence-electron chi connectivity index (χ2n) is 10.6. The molecule has 0 bridgehead atoms. The van der Waals surface area contributed by atoms with Crippen molar-refractivity contribution in [1.29, 1.82) is 0 Å². The van der Waals surface area contributed by atoms with Crippen molar-refractivity contribution >= 4 is 0 Å². The molecule has 0 fully saturated rings. The maximum absolute atomic E-state index is 2.66. The number of nitrogens with zero attached hydrogens (tertiary/aromatic N) is 1. The predicted octanol–water partition coefficient (Wildman–Crippen LogP) is 11.1. The van der Waals surface area contributed by atoms with Gasteiger partial charge in [0.05, 0.1) is 0 Å². The Morgan fingerprint density at radius 2 is 0.500 bits per heavy atom. The molecule has 0 radical (unpaired) electrons. The minimum absolute atomic E-state index is 1.30. The summed E-state index contributed by atoms with van der Waals surface area (Å²) in [7, 11) is 0. The van der Waals surface area contributed by atoms with Gasteiger partial charge in [-0.3, -0.25) is 0 Å². The highest BCUT2D eigenvalue weighted by atomic mass is 15.1. The minimum Gasteiger partial charge on any atom is -0.303 e. The van der Waals surface area contributed by atoms with Crippen LogP contribution in [0, 0.1) is 0 Å². The highest BCUT2D eigenvalue weighted by molar-refractivity contribution is 4.57. The van der Waals surface area contributed by atoms with Gasteiger partial charge in [-0.05, 0) is 38.9 Å². The van der Waals surface area contributed by atoms with Crippen molar-refractivity contribution in [2.24, 2.45) is 0 Å². The van der Waals surface area contributed by atoms with Gasteiger partial charge in [-0.15, -0.1) is 0 Å². The smallest absolute Gasteiger partial charge is 0.00187 e. The summed E-state index contributed by atoms with van der Waals surface area (Å²) in [6, 6.07) is 0. The van der Waals surface area contributed by atoms with Gasteiger partial charge in [-0.2, -0.15) is 0 Å². The van der Waals surface area contributed by atoms with Gasteiger partial charge in [-0.1, -0.05) is 162 Å². The molecule has 0 rings (SSSR count). The normalized spacial score (nSPS) is 11.6. The zero-order valence-electron chi connectivity index (χ0n) is 23.2. The zero-order valence-corrected chi connectivity index (χ0v) is 23.2. The second kappa shape index (κ2) is 29.0. The Morgan fingerprint density at radius 3 is 0.750 bits per heavy atom. The van der Waals surface area contributed by atoms with E-state index in [-0.39, 0.29) is 0 Å². The van der Waals surface area contributed by atoms with Crippen molar-refractivity contribution in [3.8, 4) is 0 Å². The van der Waals surface area contributed by atoms with Crippen LogP contribution < -0.4 is 0 Å². The van der Waals surface area contributed by atoms with Crippen LogP contribution in [-0.4, -0.2) is 24.5 Å². The van der Waals surface area contributed by atoms with Gasteiger partial charge in [0.1, 0.15) is 0 Å². The van der Waals surface area contributed by atoms with Crippen LogP contribution in [0.3, 0.4) is 0 Å². The van der Waals surface area contributed by atoms with Gasteiger partial charge in [0.15, 0.2) is 0 Å². The average Bonchev–Trinajstić information content (AvgIpc) is 2.79. The Bertz CT molecular complexity index is 308. The predicted molar refractivity (Wildman–Crippen MR) is 149 cm³/mol. The van der Waals surface area contributed by atoms with Crippen molar-refractivity contribution in [1.82, 2.24) is 4.90 Å². The largest absolute Gasteiger partial charge is 0.303 e. The Labute approximate surface area is 205 Å². The van der Waals surface area contributed by atoms with Gasteiger partial charge < -0.3 is 4.90 Å². The van der Waals surface area contributed by atoms with Crippen LogP contribution in [0.2, 0.25) is 0 Å². The molecule has 0 spiro atoms. The highest BCUT2D eigenvalue weighted by Crippen LogP contribution is 2.15. The molecular weight excluding hydrogens is 386 g/mol. The number of hydrogen-bond acceptors (Lipinski definition) is 1. The molecule has 0 aliphatic carbocycles. The molecule has 194 valence electrons. The molecule has 0 amide bonds. The lowest BCUT2D eigenvalue weighted by Crippen LogP contribution is -2.26. The van der Waals surface area contributed by atoms with E-state index in [0.717, 1.165) is 0 Å². The summed E-state index contributed by atoms with van der Waals surface area (Å²) in [6.45, 7) is 10.9. The van der Waals surface area contributed by atoms with E-state index in [2.05, 4.69) is 25.7 Å². The van der Waals surface area contributed by atoms with Gasteiger partial charge >= 0.3 is 0 Å². The van der Waals surface area contributed by atoms with E-state index in [0.29, 0.717) is 0 Å². The third kappa shape index (κ3) is 26.2. The third-order valence-corrected chi connectivity index (χ3v) is 7.16. The molecule has 0 atom stereocenters. The molecule has 0 N–H and O–H groups in total. The van der Waals surface area contributed by atoms with E-state index >= 15 is 0 Å². The Hall–Kier alpha value is -0.0400. The maximum atomic E-state index is 2.66. The Morgan fingerprint density at radius 1 is 0.250 bits per heavy atom. The molecule has 0 aromatic rings. The van der Waals surface area contributed by atoms with E-state index in [1.807, 2.05) is 0 Å². The molecule has 0 aromatic carbocycles. The molecule has 0 aliphatic rings. The minimum atomic E-state index is 1.30. The fraction of sp³-hybridized carbons (Fsp3) is 1.00. The van der Waals surface area contributed by atoms with Crippen LogP contribution in [-0.2, 0) is 0 Å². The summed E-state index contributed by atoms with van der Waals surface area (Å²) >= 11 is 0. The average molecular weight is 452 g/mol. The first kappa shape index (κ1) is 32.0. The lowest BCUT2D eigenvalue weighted by atomic mass is 10.0. The van der Waals surface area contributed by atoms with Gasteiger partial charge in [0.2, 0.25) is 0 Å². The molecule has 0 saturated heterocycles. The Kier molecular flexibility index (Phi) is 29.0. The monoisotopic (exact) mass is 452 g/mol. The van der Waals surface area contributed by atoms with E-state index in [1.165, 1.54) is 180 Å². The molecule has 0 aromatic heterocycles. The van der Waals surface area contributed by atoms with Crippen LogP contribution in [0.25, 0.3) is 0 Å². The molecule has 1 nitrogen and oxygen atoms in total. The standard InChI is InChI=1S/C31H65N/c1-4-7-8-9-10-11-12-13-14-15-16-17-18-19-20-21-22-23-24-25-26-27-28-31-32(29-5-2)30-6-3/h4-31H2,1-3H3. The number of rotatable bonds is 28. The van der Waals surface area contributed by atoms with Gasteiger partial charge in [0.25, 0.3) is 0 Å². The summed E-state index contributed by atoms with van der Waals surface area (Å²) in [6.07, 6.45) is 36.5. The third-order valence-electron chi connectivity index (χ3n) is 7.16. The molecule has 1 heteroatoms. The SMILES string of the molecule is CCCCCCCCCCCCCCCCCCCCCCCCCN(CCC)CCC. The molecule has 0 aliphatic heterocycles. The second-order valence-corrected chi connectivity index (χ2v) is 10.6. The quantitative estimate of drug-likeness (QED) is 0.107. The van der Waals surface area contributed by atoms with Crippen LogP contribution in [0.5, 0.6) is 0 Å². The lowest BCUT2D eigenvalue weighted by Gasteiger charge is -2.20. The summed E-state index contributed by atoms with van der Waals surface area (Å²) in [5.41, 5.74) is 0. The number of hydrogen-bond donors (Lipinski definition) is 0. The van der Waals surface area contributed by atoms with Crippen LogP contribution in [0.1, 0.15) is 181 Å². The van der Waals surface area contributed by atoms with E-state index in [1.54, 1.807) is 0 Å². The van der Waals surface area contributed by atoms with Gasteiger partial charge in [0, 0.05) is 0 Å². The van der Waals surface area contributed by atoms with Crippen LogP contribution in [0.15, 0.2) is 0 Å². The van der Waals surface area contributed by atoms with Crippen molar-refractivity contribution in [3.05, 3.63) is 0 Å². The van der Waals surface area contributed by atoms with Crippen LogP contribution in [0.4, 0.5) is 0 Å². The van der Waals surface area contributed by atoms with E-state index in [9.17, 15) is 0 Å². The molecule has 32 heavy (non-hydrogen) atoms. The fourth-order valence-corrected chi connectivity index (χ4v) is 5.09. The zero-order chi connectivity index (χ0) is 23.4. The lowest BCUT2D eigenvalue weighted by molar-refractivity contribution is 0.267. The maximum Gasteiger partial charge on any atom is -0.00187 e. The molecule has 0 unspecified atom stereocenters. The Balaban J connectivity index is 3.10. The van der Waals surface area contributed by atoms with Crippen molar-refractivity contribution in [2.45, 2.75) is 181 Å². The summed E-state index contributed by atoms with van der Waals surface area (Å²) in [5.74, 6) is 0. The van der Waals surface area contributed by atoms with Gasteiger partial charge in [-0.25, -0.2) is 0 Å². The summed E-state index contributed by atoms with van der Waals surface area (Å²) in [5, 5.41) is 0. The molecule has 0 saturated carbocycles. The van der Waals surface area contributed by atoms with Crippen molar-refractivity contribution in [3.63, 3.8) is 0 Å². The van der Waals surface area contributed by atoms with Crippen molar-refractivity contribution < 1.29 is 0 Å². The van der Waals surface area contributed by atoms with E-state index in [4.69, 9.17) is 0 Å². The van der Waals surface area contributed by atoms with E-state index < -0.39 is 0 Å². The first-order valence-corrected chi connectivity index (χ1v) is 15.6. The summed E-state index contributed by atoms with van der Waals surface area (Å²) < 4.78 is 0. The van der Waals surface area contributed by atoms with Crippen LogP contribution >= 0.6 is 0 Å². The summed E-state index contributed by atoms with van der Waals surface area (Å²) in [4.78, 5) is 2.66. The topological polar surface area (TPSA) is 3.24 Å². The first-order valence-electron chi connectivity index (χ1n) is 15.6. The number of unbranched alkanes of at least 4 members (excludes halogenated alkanes) is 22. The fourth-order valence-electron chi connectivity index (χ4n) is 5.09. The highest BCUT2D eigenvalue weighted by Gasteiger charge is 2.01. The molecule has 0 heterocycles. The first-order chi connectivity index (χ1) is 15.8. The molecular formula is C31H65N. The van der Waals surface area contributed by atoms with Crippen molar-refractivity contribution in [2.75, 3.05) is 19.6 Å².